The van der Waals surface area contributed by atoms with Gasteiger partial charge in [-0.1, -0.05) is 13.3 Å². The molecule has 4 atom stereocenters. The highest BCUT2D eigenvalue weighted by molar-refractivity contribution is 5.81. The van der Waals surface area contributed by atoms with Crippen LogP contribution in [-0.4, -0.2) is 11.9 Å². The maximum atomic E-state index is 11.7. The molecule has 2 rings (SSSR count). The molecule has 0 aromatic rings. The smallest absolute Gasteiger partial charge is 0.237 e. The van der Waals surface area contributed by atoms with E-state index >= 15 is 0 Å². The summed E-state index contributed by atoms with van der Waals surface area (Å²) in [6, 6.07) is 2.42. The lowest BCUT2D eigenvalue weighted by atomic mass is 9.94. The molecule has 0 radical (unpaired) electrons. The first-order valence-corrected chi connectivity index (χ1v) is 5.94. The summed E-state index contributed by atoms with van der Waals surface area (Å²) in [5.41, 5.74) is 0. The number of carbonyl (C=O) groups is 1. The molecule has 0 spiro atoms. The number of rotatable bonds is 3. The average molecular weight is 206 g/mol. The van der Waals surface area contributed by atoms with Crippen LogP contribution < -0.4 is 5.32 Å². The van der Waals surface area contributed by atoms with Crippen molar-refractivity contribution in [3.63, 3.8) is 0 Å². The van der Waals surface area contributed by atoms with Crippen LogP contribution in [0.4, 0.5) is 0 Å². The highest BCUT2D eigenvalue weighted by atomic mass is 16.1. The van der Waals surface area contributed by atoms with Crippen LogP contribution in [0.15, 0.2) is 0 Å². The summed E-state index contributed by atoms with van der Waals surface area (Å²) in [6.07, 6.45) is 5.64. The Bertz CT molecular complexity index is 294. The predicted octanol–water partition coefficient (Wildman–Crippen LogP) is 1.84. The average Bonchev–Trinajstić information content (AvgIpc) is 2.81. The molecule has 2 fully saturated rings. The monoisotopic (exact) mass is 206 g/mol. The van der Waals surface area contributed by atoms with E-state index < -0.39 is 5.92 Å². The lowest BCUT2D eigenvalue weighted by Crippen LogP contribution is -2.41. The number of amides is 1. The van der Waals surface area contributed by atoms with Gasteiger partial charge in [0, 0.05) is 6.04 Å². The van der Waals surface area contributed by atoms with Gasteiger partial charge in [0.25, 0.3) is 0 Å². The van der Waals surface area contributed by atoms with Gasteiger partial charge in [0.05, 0.1) is 6.07 Å². The van der Waals surface area contributed by atoms with Gasteiger partial charge in [0.2, 0.25) is 5.91 Å². The van der Waals surface area contributed by atoms with Gasteiger partial charge in [0.1, 0.15) is 5.92 Å². The second-order valence-electron chi connectivity index (χ2n) is 4.88. The topological polar surface area (TPSA) is 52.9 Å². The zero-order chi connectivity index (χ0) is 10.8. The van der Waals surface area contributed by atoms with E-state index in [0.29, 0.717) is 18.4 Å². The van der Waals surface area contributed by atoms with Gasteiger partial charge in [-0.3, -0.25) is 4.79 Å². The van der Waals surface area contributed by atoms with Crippen LogP contribution in [0.5, 0.6) is 0 Å². The summed E-state index contributed by atoms with van der Waals surface area (Å²) in [4.78, 5) is 11.7. The summed E-state index contributed by atoms with van der Waals surface area (Å²) >= 11 is 0. The van der Waals surface area contributed by atoms with E-state index in [1.54, 1.807) is 0 Å². The molecule has 0 aliphatic heterocycles. The number of hydrogen-bond donors (Lipinski definition) is 1. The summed E-state index contributed by atoms with van der Waals surface area (Å²) in [6.45, 7) is 1.88. The molecular formula is C12H18N2O. The van der Waals surface area contributed by atoms with Crippen LogP contribution in [-0.2, 0) is 4.79 Å². The second-order valence-corrected chi connectivity index (χ2v) is 4.88. The minimum Gasteiger partial charge on any atom is -0.352 e. The number of nitriles is 1. The molecule has 1 amide bonds. The van der Waals surface area contributed by atoms with Crippen molar-refractivity contribution in [3.8, 4) is 6.07 Å². The Hall–Kier alpha value is -1.04. The van der Waals surface area contributed by atoms with Crippen LogP contribution in [0.3, 0.4) is 0 Å². The summed E-state index contributed by atoms with van der Waals surface area (Å²) < 4.78 is 0. The molecule has 3 nitrogen and oxygen atoms in total. The molecule has 2 saturated carbocycles. The van der Waals surface area contributed by atoms with Gasteiger partial charge in [-0.05, 0) is 37.5 Å². The Morgan fingerprint density at radius 3 is 2.80 bits per heavy atom. The van der Waals surface area contributed by atoms with Crippen molar-refractivity contribution in [3.05, 3.63) is 0 Å². The normalized spacial score (nSPS) is 34.8. The Morgan fingerprint density at radius 1 is 1.53 bits per heavy atom. The first kappa shape index (κ1) is 10.5. The van der Waals surface area contributed by atoms with E-state index in [1.165, 1.54) is 19.3 Å². The second kappa shape index (κ2) is 4.22. The van der Waals surface area contributed by atoms with Crippen LogP contribution in [0.1, 0.15) is 39.0 Å². The largest absolute Gasteiger partial charge is 0.352 e. The molecule has 4 unspecified atom stereocenters. The van der Waals surface area contributed by atoms with E-state index in [4.69, 9.17) is 5.26 Å². The molecule has 2 aliphatic rings. The number of carbonyl (C=O) groups excluding carboxylic acids is 1. The van der Waals surface area contributed by atoms with Crippen LogP contribution >= 0.6 is 0 Å². The molecule has 1 N–H and O–H groups in total. The van der Waals surface area contributed by atoms with Crippen LogP contribution in [0.2, 0.25) is 0 Å². The fraction of sp³-hybridized carbons (Fsp3) is 0.833. The SMILES string of the molecule is CCC(C#N)C(=O)NC1CC2CCC1C2. The maximum Gasteiger partial charge on any atom is 0.237 e. The molecule has 3 heteroatoms. The molecule has 2 bridgehead atoms. The van der Waals surface area contributed by atoms with E-state index in [2.05, 4.69) is 11.4 Å². The molecule has 0 saturated heterocycles. The van der Waals surface area contributed by atoms with Crippen molar-refractivity contribution in [2.24, 2.45) is 17.8 Å². The quantitative estimate of drug-likeness (QED) is 0.766. The Morgan fingerprint density at radius 2 is 2.33 bits per heavy atom. The van der Waals surface area contributed by atoms with Gasteiger partial charge in [0.15, 0.2) is 0 Å². The van der Waals surface area contributed by atoms with E-state index in [-0.39, 0.29) is 5.91 Å². The Balaban J connectivity index is 1.87. The molecule has 82 valence electrons. The first-order chi connectivity index (χ1) is 7.24. The third-order valence-corrected chi connectivity index (χ3v) is 3.95. The molecular weight excluding hydrogens is 188 g/mol. The standard InChI is InChI=1S/C12H18N2O/c1-2-9(7-13)12(15)14-11-6-8-3-4-10(11)5-8/h8-11H,2-6H2,1H3,(H,14,15). The fourth-order valence-electron chi connectivity index (χ4n) is 3.04. The first-order valence-electron chi connectivity index (χ1n) is 5.94. The van der Waals surface area contributed by atoms with Crippen molar-refractivity contribution in [1.29, 1.82) is 5.26 Å². The predicted molar refractivity (Wildman–Crippen MR) is 56.8 cm³/mol. The minimum atomic E-state index is -0.455. The molecule has 15 heavy (non-hydrogen) atoms. The van der Waals surface area contributed by atoms with Crippen LogP contribution in [0.25, 0.3) is 0 Å². The summed E-state index contributed by atoms with van der Waals surface area (Å²) in [7, 11) is 0. The lowest BCUT2D eigenvalue weighted by molar-refractivity contribution is -0.124. The number of fused-ring (bicyclic) bond motifs is 2. The van der Waals surface area contributed by atoms with Gasteiger partial charge in [-0.15, -0.1) is 0 Å². The van der Waals surface area contributed by atoms with Crippen molar-refractivity contribution in [1.82, 2.24) is 5.32 Å². The highest BCUT2D eigenvalue weighted by Crippen LogP contribution is 2.44. The third kappa shape index (κ3) is 1.99. The zero-order valence-corrected chi connectivity index (χ0v) is 9.20. The third-order valence-electron chi connectivity index (χ3n) is 3.95. The summed E-state index contributed by atoms with van der Waals surface area (Å²) in [5, 5.41) is 11.8. The van der Waals surface area contributed by atoms with Gasteiger partial charge in [-0.2, -0.15) is 5.26 Å². The summed E-state index contributed by atoms with van der Waals surface area (Å²) in [5.74, 6) is 1.01. The number of nitrogens with zero attached hydrogens (tertiary/aromatic N) is 1. The Labute approximate surface area is 90.8 Å². The Kier molecular flexibility index (Phi) is 2.95. The molecule has 0 heterocycles. The van der Waals surface area contributed by atoms with Gasteiger partial charge >= 0.3 is 0 Å². The van der Waals surface area contributed by atoms with Crippen molar-refractivity contribution < 1.29 is 4.79 Å². The molecule has 0 aromatic carbocycles. The number of hydrogen-bond acceptors (Lipinski definition) is 2. The van der Waals surface area contributed by atoms with Crippen molar-refractivity contribution in [2.45, 2.75) is 45.1 Å². The van der Waals surface area contributed by atoms with E-state index in [1.807, 2.05) is 6.92 Å². The highest BCUT2D eigenvalue weighted by Gasteiger charge is 2.40. The molecule has 0 aromatic heterocycles. The van der Waals surface area contributed by atoms with E-state index in [0.717, 1.165) is 12.3 Å². The minimum absolute atomic E-state index is 0.0578. The van der Waals surface area contributed by atoms with Crippen molar-refractivity contribution in [2.75, 3.05) is 0 Å². The van der Waals surface area contributed by atoms with Crippen LogP contribution in [0, 0.1) is 29.1 Å². The lowest BCUT2D eigenvalue weighted by Gasteiger charge is -2.23. The maximum absolute atomic E-state index is 11.7. The van der Waals surface area contributed by atoms with Gasteiger partial charge in [-0.25, -0.2) is 0 Å². The molecule has 2 aliphatic carbocycles. The zero-order valence-electron chi connectivity index (χ0n) is 9.20. The van der Waals surface area contributed by atoms with Crippen molar-refractivity contribution >= 4 is 5.91 Å². The number of nitrogens with one attached hydrogen (secondary N) is 1. The van der Waals surface area contributed by atoms with E-state index in [9.17, 15) is 4.79 Å². The van der Waals surface area contributed by atoms with Gasteiger partial charge < -0.3 is 5.32 Å². The fourth-order valence-corrected chi connectivity index (χ4v) is 3.04.